The van der Waals surface area contributed by atoms with Crippen molar-refractivity contribution in [1.29, 1.82) is 0 Å². The van der Waals surface area contributed by atoms with Crippen LogP contribution in [0.3, 0.4) is 0 Å². The van der Waals surface area contributed by atoms with E-state index in [1.807, 2.05) is 99.8 Å². The van der Waals surface area contributed by atoms with E-state index in [-0.39, 0.29) is 11.8 Å². The number of likely N-dealkylation sites (N-methyl/N-ethyl adjacent to an activating group) is 1. The number of likely N-dealkylation sites (tertiary alicyclic amines) is 1. The Morgan fingerprint density at radius 2 is 1.64 bits per heavy atom. The molecular weight excluding hydrogens is 468 g/mol. The van der Waals surface area contributed by atoms with E-state index in [1.165, 1.54) is 0 Å². The average Bonchev–Trinajstić information content (AvgIpc) is 3.59. The van der Waals surface area contributed by atoms with E-state index >= 15 is 0 Å². The standard InChI is InChI=1S/C29H30N4O2S/c1-22(34)32-17-15-29(16-18-32,24-10-5-3-6-11-24)28(35)31(2)20-23-21-33(25-12-7-4-8-13-25)30-27(23)26-14-9-19-36-26/h3-14,19,21H,15-18,20H2,1-2H3. The smallest absolute Gasteiger partial charge is 0.233 e. The minimum Gasteiger partial charge on any atom is -0.343 e. The molecule has 0 atom stereocenters. The molecule has 6 nitrogen and oxygen atoms in total. The zero-order chi connectivity index (χ0) is 25.1. The topological polar surface area (TPSA) is 58.4 Å². The van der Waals surface area contributed by atoms with Crippen molar-refractivity contribution < 1.29 is 9.59 Å². The Bertz CT molecular complexity index is 1320. The van der Waals surface area contributed by atoms with E-state index in [0.717, 1.165) is 27.4 Å². The van der Waals surface area contributed by atoms with E-state index in [9.17, 15) is 9.59 Å². The van der Waals surface area contributed by atoms with Gasteiger partial charge in [0.1, 0.15) is 5.69 Å². The predicted molar refractivity (Wildman–Crippen MR) is 143 cm³/mol. The molecule has 3 heterocycles. The molecule has 1 aliphatic heterocycles. The first-order valence-electron chi connectivity index (χ1n) is 12.2. The van der Waals surface area contributed by atoms with E-state index in [4.69, 9.17) is 5.10 Å². The van der Waals surface area contributed by atoms with Crippen molar-refractivity contribution in [1.82, 2.24) is 19.6 Å². The largest absolute Gasteiger partial charge is 0.343 e. The number of amides is 2. The highest BCUT2D eigenvalue weighted by Crippen LogP contribution is 2.38. The summed E-state index contributed by atoms with van der Waals surface area (Å²) in [5, 5.41) is 6.94. The van der Waals surface area contributed by atoms with Crippen LogP contribution in [0.25, 0.3) is 16.3 Å². The maximum absolute atomic E-state index is 14.2. The molecule has 1 fully saturated rings. The number of carbonyl (C=O) groups is 2. The van der Waals surface area contributed by atoms with Crippen molar-refractivity contribution in [3.05, 3.63) is 95.5 Å². The summed E-state index contributed by atoms with van der Waals surface area (Å²) in [6.45, 7) is 3.20. The van der Waals surface area contributed by atoms with Gasteiger partial charge in [0.25, 0.3) is 0 Å². The minimum atomic E-state index is -0.652. The lowest BCUT2D eigenvalue weighted by Gasteiger charge is -2.42. The Labute approximate surface area is 215 Å². The summed E-state index contributed by atoms with van der Waals surface area (Å²) in [7, 11) is 1.88. The number of para-hydroxylation sites is 1. The first-order chi connectivity index (χ1) is 17.5. The molecule has 2 aromatic carbocycles. The molecule has 0 unspecified atom stereocenters. The van der Waals surface area contributed by atoms with Crippen LogP contribution in [0.15, 0.2) is 84.4 Å². The third-order valence-electron chi connectivity index (χ3n) is 7.12. The number of aromatic nitrogens is 2. The van der Waals surface area contributed by atoms with Crippen molar-refractivity contribution in [2.45, 2.75) is 31.7 Å². The Morgan fingerprint density at radius 3 is 2.25 bits per heavy atom. The van der Waals surface area contributed by atoms with Gasteiger partial charge in [0.2, 0.25) is 11.8 Å². The van der Waals surface area contributed by atoms with Crippen LogP contribution in [-0.4, -0.2) is 51.5 Å². The molecular formula is C29H30N4O2S. The van der Waals surface area contributed by atoms with Crippen molar-refractivity contribution in [2.24, 2.45) is 0 Å². The predicted octanol–water partition coefficient (Wildman–Crippen LogP) is 5.14. The van der Waals surface area contributed by atoms with Crippen molar-refractivity contribution in [2.75, 3.05) is 20.1 Å². The fourth-order valence-corrected chi connectivity index (χ4v) is 5.88. The first kappa shape index (κ1) is 24.0. The number of carbonyl (C=O) groups excluding carboxylic acids is 2. The van der Waals surface area contributed by atoms with Crippen LogP contribution in [0.1, 0.15) is 30.9 Å². The van der Waals surface area contributed by atoms with E-state index < -0.39 is 5.41 Å². The quantitative estimate of drug-likeness (QED) is 0.370. The number of rotatable bonds is 6. The molecule has 5 rings (SSSR count). The van der Waals surface area contributed by atoms with Gasteiger partial charge in [0.15, 0.2) is 0 Å². The number of hydrogen-bond acceptors (Lipinski definition) is 4. The third-order valence-corrected chi connectivity index (χ3v) is 7.99. The zero-order valence-electron chi connectivity index (χ0n) is 20.6. The van der Waals surface area contributed by atoms with Crippen molar-refractivity contribution in [3.63, 3.8) is 0 Å². The van der Waals surface area contributed by atoms with Gasteiger partial charge in [-0.15, -0.1) is 11.3 Å². The highest BCUT2D eigenvalue weighted by molar-refractivity contribution is 7.13. The number of benzene rings is 2. The summed E-state index contributed by atoms with van der Waals surface area (Å²) >= 11 is 1.64. The van der Waals surface area contributed by atoms with Crippen LogP contribution >= 0.6 is 11.3 Å². The maximum Gasteiger partial charge on any atom is 0.233 e. The second kappa shape index (κ2) is 10.1. The van der Waals surface area contributed by atoms with Gasteiger partial charge in [-0.05, 0) is 42.0 Å². The molecule has 0 aliphatic carbocycles. The highest BCUT2D eigenvalue weighted by Gasteiger charge is 2.44. The van der Waals surface area contributed by atoms with E-state index in [0.29, 0.717) is 32.5 Å². The first-order valence-corrected chi connectivity index (χ1v) is 13.1. The summed E-state index contributed by atoms with van der Waals surface area (Å²) in [6, 6.07) is 24.1. The molecule has 2 aromatic heterocycles. The molecule has 184 valence electrons. The number of hydrogen-bond donors (Lipinski definition) is 0. The van der Waals surface area contributed by atoms with E-state index in [1.54, 1.807) is 18.3 Å². The van der Waals surface area contributed by atoms with Crippen LogP contribution in [-0.2, 0) is 21.5 Å². The fraction of sp³-hybridized carbons (Fsp3) is 0.276. The molecule has 0 spiro atoms. The number of piperidine rings is 1. The van der Waals surface area contributed by atoms with Gasteiger partial charge in [-0.25, -0.2) is 4.68 Å². The Morgan fingerprint density at radius 1 is 0.972 bits per heavy atom. The van der Waals surface area contributed by atoms with Crippen molar-refractivity contribution in [3.8, 4) is 16.3 Å². The molecule has 0 radical (unpaired) electrons. The van der Waals surface area contributed by atoms with E-state index in [2.05, 4.69) is 6.07 Å². The molecule has 0 saturated carbocycles. The normalized spacial score (nSPS) is 15.0. The molecule has 2 amide bonds. The SMILES string of the molecule is CC(=O)N1CCC(C(=O)N(C)Cc2cn(-c3ccccc3)nc2-c2cccs2)(c2ccccc2)CC1. The molecule has 0 N–H and O–H groups in total. The van der Waals surface area contributed by atoms with Crippen molar-refractivity contribution >= 4 is 23.2 Å². The molecule has 36 heavy (non-hydrogen) atoms. The van der Waals surface area contributed by atoms with Crippen LogP contribution in [0, 0.1) is 0 Å². The molecule has 1 saturated heterocycles. The number of thiophene rings is 1. The van der Waals surface area contributed by atoms with Gasteiger partial charge >= 0.3 is 0 Å². The maximum atomic E-state index is 14.2. The minimum absolute atomic E-state index is 0.0615. The zero-order valence-corrected chi connectivity index (χ0v) is 21.4. The summed E-state index contributed by atoms with van der Waals surface area (Å²) in [4.78, 5) is 30.9. The van der Waals surface area contributed by atoms with Gasteiger partial charge in [-0.1, -0.05) is 54.6 Å². The van der Waals surface area contributed by atoms with Crippen LogP contribution in [0.2, 0.25) is 0 Å². The lowest BCUT2D eigenvalue weighted by Crippen LogP contribution is -2.52. The second-order valence-corrected chi connectivity index (χ2v) is 10.3. The molecule has 0 bridgehead atoms. The van der Waals surface area contributed by atoms with Gasteiger partial charge < -0.3 is 9.80 Å². The lowest BCUT2D eigenvalue weighted by molar-refractivity contribution is -0.141. The third kappa shape index (κ3) is 4.58. The molecule has 7 heteroatoms. The van der Waals surface area contributed by atoms with Gasteiger partial charge in [0, 0.05) is 45.4 Å². The second-order valence-electron chi connectivity index (χ2n) is 9.38. The Kier molecular flexibility index (Phi) is 6.74. The van der Waals surface area contributed by atoms with Gasteiger partial charge in [0.05, 0.1) is 16.0 Å². The summed E-state index contributed by atoms with van der Waals surface area (Å²) in [5.74, 6) is 0.146. The monoisotopic (exact) mass is 498 g/mol. The van der Waals surface area contributed by atoms with Crippen LogP contribution < -0.4 is 0 Å². The number of nitrogens with zero attached hydrogens (tertiary/aromatic N) is 4. The molecule has 4 aromatic rings. The highest BCUT2D eigenvalue weighted by atomic mass is 32.1. The summed E-state index contributed by atoms with van der Waals surface area (Å²) in [5.41, 5.74) is 3.24. The average molecular weight is 499 g/mol. The van der Waals surface area contributed by atoms with Gasteiger partial charge in [-0.3, -0.25) is 9.59 Å². The van der Waals surface area contributed by atoms with Crippen LogP contribution in [0.5, 0.6) is 0 Å². The molecule has 1 aliphatic rings. The summed E-state index contributed by atoms with van der Waals surface area (Å²) < 4.78 is 1.89. The Hall–Kier alpha value is -3.71. The van der Waals surface area contributed by atoms with Gasteiger partial charge in [-0.2, -0.15) is 5.10 Å². The van der Waals surface area contributed by atoms with Crippen LogP contribution in [0.4, 0.5) is 0 Å². The summed E-state index contributed by atoms with van der Waals surface area (Å²) in [6.07, 6.45) is 3.25. The Balaban J connectivity index is 1.47. The lowest BCUT2D eigenvalue weighted by atomic mass is 9.71. The fourth-order valence-electron chi connectivity index (χ4n) is 5.14.